The summed E-state index contributed by atoms with van der Waals surface area (Å²) in [5.41, 5.74) is 1.07. The Hall–Kier alpha value is 0.0400. The lowest BCUT2D eigenvalue weighted by atomic mass is 10.0. The van der Waals surface area contributed by atoms with Gasteiger partial charge in [0.25, 0.3) is 0 Å². The fourth-order valence-electron chi connectivity index (χ4n) is 1.18. The van der Waals surface area contributed by atoms with Crippen molar-refractivity contribution in [1.82, 2.24) is 9.97 Å². The maximum Gasteiger partial charge on any atom is 0.115 e. The molecule has 1 aromatic rings. The quantitative estimate of drug-likeness (QED) is 0.799. The summed E-state index contributed by atoms with van der Waals surface area (Å²) in [6, 6.07) is 0. The third-order valence-electron chi connectivity index (χ3n) is 2.06. The molecular weight excluding hydrogens is 296 g/mol. The van der Waals surface area contributed by atoms with Crippen molar-refractivity contribution in [3.05, 3.63) is 22.7 Å². The Morgan fingerprint density at radius 3 is 2.77 bits per heavy atom. The molecule has 0 fully saturated rings. The van der Waals surface area contributed by atoms with Gasteiger partial charge in [-0.15, -0.1) is 0 Å². The molecule has 1 aromatic heterocycles. The number of alkyl halides is 1. The number of halogens is 2. The molecule has 0 aromatic carbocycles. The maximum atomic E-state index is 4.26. The van der Waals surface area contributed by atoms with Gasteiger partial charge >= 0.3 is 0 Å². The van der Waals surface area contributed by atoms with Crippen LogP contribution in [0.4, 0.5) is 0 Å². The highest BCUT2D eigenvalue weighted by Crippen LogP contribution is 2.29. The molecule has 0 saturated heterocycles. The van der Waals surface area contributed by atoms with Gasteiger partial charge in [0, 0.05) is 16.9 Å². The van der Waals surface area contributed by atoms with Gasteiger partial charge in [0.2, 0.25) is 0 Å². The van der Waals surface area contributed by atoms with Gasteiger partial charge < -0.3 is 0 Å². The van der Waals surface area contributed by atoms with E-state index in [0.717, 1.165) is 16.6 Å². The summed E-state index contributed by atoms with van der Waals surface area (Å²) in [5.74, 6) is 0.405. The normalized spacial score (nSPS) is 15.4. The van der Waals surface area contributed by atoms with E-state index in [0.29, 0.717) is 10.7 Å². The van der Waals surface area contributed by atoms with Gasteiger partial charge in [0.05, 0.1) is 10.2 Å². The predicted octanol–water partition coefficient (Wildman–Crippen LogP) is 3.52. The summed E-state index contributed by atoms with van der Waals surface area (Å²) in [4.78, 5) is 8.67. The van der Waals surface area contributed by atoms with Crippen LogP contribution < -0.4 is 0 Å². The zero-order valence-corrected chi connectivity index (χ0v) is 10.8. The van der Waals surface area contributed by atoms with Crippen molar-refractivity contribution in [3.8, 4) is 0 Å². The molecule has 2 atom stereocenters. The fourth-order valence-corrected chi connectivity index (χ4v) is 2.01. The van der Waals surface area contributed by atoms with E-state index in [1.165, 1.54) is 0 Å². The molecular formula is C9H12Br2N2. The molecule has 13 heavy (non-hydrogen) atoms. The van der Waals surface area contributed by atoms with Crippen molar-refractivity contribution in [2.75, 3.05) is 0 Å². The monoisotopic (exact) mass is 306 g/mol. The SMILES string of the molecule is CCC(Br)C(C)c1ncncc1Br. The van der Waals surface area contributed by atoms with Crippen LogP contribution in [0.1, 0.15) is 31.9 Å². The van der Waals surface area contributed by atoms with E-state index in [9.17, 15) is 0 Å². The van der Waals surface area contributed by atoms with Crippen molar-refractivity contribution in [2.24, 2.45) is 0 Å². The Morgan fingerprint density at radius 2 is 2.23 bits per heavy atom. The average Bonchev–Trinajstić information content (AvgIpc) is 2.16. The van der Waals surface area contributed by atoms with E-state index in [-0.39, 0.29) is 0 Å². The van der Waals surface area contributed by atoms with E-state index in [1.54, 1.807) is 12.5 Å². The topological polar surface area (TPSA) is 25.8 Å². The highest BCUT2D eigenvalue weighted by Gasteiger charge is 2.17. The minimum atomic E-state index is 0.405. The zero-order valence-electron chi connectivity index (χ0n) is 7.67. The minimum absolute atomic E-state index is 0.405. The molecule has 0 aliphatic heterocycles. The second-order valence-corrected chi connectivity index (χ2v) is 5.00. The van der Waals surface area contributed by atoms with Gasteiger partial charge in [0.1, 0.15) is 6.33 Å². The van der Waals surface area contributed by atoms with Crippen molar-refractivity contribution in [3.63, 3.8) is 0 Å². The number of rotatable bonds is 3. The van der Waals surface area contributed by atoms with Crippen LogP contribution in [0.5, 0.6) is 0 Å². The van der Waals surface area contributed by atoms with Crippen LogP contribution in [-0.2, 0) is 0 Å². The van der Waals surface area contributed by atoms with Crippen LogP contribution >= 0.6 is 31.9 Å². The van der Waals surface area contributed by atoms with E-state index >= 15 is 0 Å². The molecule has 0 N–H and O–H groups in total. The molecule has 0 amide bonds. The summed E-state index contributed by atoms with van der Waals surface area (Å²) in [6.45, 7) is 4.32. The summed E-state index contributed by atoms with van der Waals surface area (Å²) in [6.07, 6.45) is 4.47. The Labute approximate surface area is 95.4 Å². The van der Waals surface area contributed by atoms with Crippen molar-refractivity contribution in [1.29, 1.82) is 0 Å². The first-order chi connectivity index (χ1) is 6.16. The van der Waals surface area contributed by atoms with E-state index in [1.807, 2.05) is 0 Å². The molecule has 0 aliphatic rings. The molecule has 1 heterocycles. The first-order valence-electron chi connectivity index (χ1n) is 4.26. The first-order valence-corrected chi connectivity index (χ1v) is 5.97. The molecule has 0 spiro atoms. The summed E-state index contributed by atoms with van der Waals surface area (Å²) >= 11 is 7.08. The molecule has 2 unspecified atom stereocenters. The van der Waals surface area contributed by atoms with Crippen molar-refractivity contribution >= 4 is 31.9 Å². The summed E-state index contributed by atoms with van der Waals surface area (Å²) < 4.78 is 0.986. The lowest BCUT2D eigenvalue weighted by molar-refractivity contribution is 0.668. The van der Waals surface area contributed by atoms with Crippen molar-refractivity contribution in [2.45, 2.75) is 31.0 Å². The Bertz CT molecular complexity index is 278. The number of hydrogen-bond donors (Lipinski definition) is 0. The van der Waals surface area contributed by atoms with Crippen LogP contribution in [-0.4, -0.2) is 14.8 Å². The highest BCUT2D eigenvalue weighted by molar-refractivity contribution is 9.10. The number of aromatic nitrogens is 2. The van der Waals surface area contributed by atoms with Gasteiger partial charge in [-0.05, 0) is 22.4 Å². The first kappa shape index (κ1) is 11.1. The zero-order chi connectivity index (χ0) is 9.84. The lowest BCUT2D eigenvalue weighted by Gasteiger charge is -2.16. The minimum Gasteiger partial charge on any atom is -0.244 e. The Morgan fingerprint density at radius 1 is 1.54 bits per heavy atom. The Kier molecular flexibility index (Phi) is 4.32. The van der Waals surface area contributed by atoms with Crippen LogP contribution in [0, 0.1) is 0 Å². The van der Waals surface area contributed by atoms with Gasteiger partial charge in [0.15, 0.2) is 0 Å². The van der Waals surface area contributed by atoms with Gasteiger partial charge in [-0.3, -0.25) is 0 Å². The van der Waals surface area contributed by atoms with Crippen molar-refractivity contribution < 1.29 is 0 Å². The molecule has 2 nitrogen and oxygen atoms in total. The second kappa shape index (κ2) is 5.05. The second-order valence-electron chi connectivity index (χ2n) is 2.97. The molecule has 4 heteroatoms. The largest absolute Gasteiger partial charge is 0.244 e. The molecule has 1 rings (SSSR count). The maximum absolute atomic E-state index is 4.26. The lowest BCUT2D eigenvalue weighted by Crippen LogP contribution is -2.10. The third kappa shape index (κ3) is 2.74. The Balaban J connectivity index is 2.88. The van der Waals surface area contributed by atoms with Gasteiger partial charge in [-0.2, -0.15) is 0 Å². The fraction of sp³-hybridized carbons (Fsp3) is 0.556. The van der Waals surface area contributed by atoms with Crippen LogP contribution in [0.2, 0.25) is 0 Å². The molecule has 0 aliphatic carbocycles. The number of nitrogens with zero attached hydrogens (tertiary/aromatic N) is 2. The third-order valence-corrected chi connectivity index (χ3v) is 4.11. The van der Waals surface area contributed by atoms with Crippen LogP contribution in [0.25, 0.3) is 0 Å². The summed E-state index contributed by atoms with van der Waals surface area (Å²) in [7, 11) is 0. The molecule has 72 valence electrons. The van der Waals surface area contributed by atoms with Crippen LogP contribution in [0.3, 0.4) is 0 Å². The van der Waals surface area contributed by atoms with Gasteiger partial charge in [-0.25, -0.2) is 9.97 Å². The van der Waals surface area contributed by atoms with E-state index in [2.05, 4.69) is 55.7 Å². The van der Waals surface area contributed by atoms with E-state index < -0.39 is 0 Å². The van der Waals surface area contributed by atoms with Crippen LogP contribution in [0.15, 0.2) is 17.0 Å². The standard InChI is InChI=1S/C9H12Br2N2/c1-3-7(10)6(2)9-8(11)4-12-5-13-9/h4-7H,3H2,1-2H3. The van der Waals surface area contributed by atoms with Gasteiger partial charge in [-0.1, -0.05) is 29.8 Å². The summed E-state index contributed by atoms with van der Waals surface area (Å²) in [5, 5.41) is 0. The molecule has 0 saturated carbocycles. The number of hydrogen-bond acceptors (Lipinski definition) is 2. The molecule has 0 radical (unpaired) electrons. The smallest absolute Gasteiger partial charge is 0.115 e. The predicted molar refractivity (Wildman–Crippen MR) is 61.2 cm³/mol. The average molecular weight is 308 g/mol. The molecule has 0 bridgehead atoms. The van der Waals surface area contributed by atoms with E-state index in [4.69, 9.17) is 0 Å². The highest BCUT2D eigenvalue weighted by atomic mass is 79.9.